The monoisotopic (exact) mass is 546 g/mol. The van der Waals surface area contributed by atoms with E-state index in [-0.39, 0.29) is 28.6 Å². The van der Waals surface area contributed by atoms with Gasteiger partial charge in [-0.1, -0.05) is 63.8 Å². The average Bonchev–Trinajstić information content (AvgIpc) is 3.67. The van der Waals surface area contributed by atoms with E-state index in [1.165, 1.54) is 36.8 Å². The summed E-state index contributed by atoms with van der Waals surface area (Å²) in [5.74, 6) is 2.53. The fourth-order valence-corrected chi connectivity index (χ4v) is 5.84. The number of carbonyl (C=O) groups is 2. The summed E-state index contributed by atoms with van der Waals surface area (Å²) in [5, 5.41) is 17.4. The van der Waals surface area contributed by atoms with Gasteiger partial charge in [-0.2, -0.15) is 0 Å². The number of aliphatic hydroxyl groups excluding tert-OH is 1. The molecule has 4 aliphatic carbocycles. The van der Waals surface area contributed by atoms with Crippen molar-refractivity contribution in [1.29, 1.82) is 0 Å². The SMILES string of the molecule is CC(C)=CC[C@H](C)[C@H]1C[C@]1(C)CO.CC(C)=CC[C@H](C)[C@H]1C[C@]1(C)COC(=O)C1CCC1.O=C(O)C1CCC1. The van der Waals surface area contributed by atoms with Crippen LogP contribution in [0.5, 0.6) is 0 Å². The molecule has 2 N–H and O–H groups in total. The molecule has 0 heterocycles. The molecule has 0 aromatic carbocycles. The normalized spacial score (nSPS) is 30.4. The Hall–Kier alpha value is -1.62. The molecule has 5 heteroatoms. The van der Waals surface area contributed by atoms with E-state index in [0.717, 1.165) is 56.3 Å². The summed E-state index contributed by atoms with van der Waals surface area (Å²) in [6.07, 6.45) is 15.5. The van der Waals surface area contributed by atoms with E-state index in [2.05, 4.69) is 67.5 Å². The first-order chi connectivity index (χ1) is 18.2. The van der Waals surface area contributed by atoms with Gasteiger partial charge in [0, 0.05) is 12.0 Å². The highest BCUT2D eigenvalue weighted by atomic mass is 16.5. The molecule has 0 spiro atoms. The Morgan fingerprint density at radius 1 is 0.821 bits per heavy atom. The molecule has 0 amide bonds. The lowest BCUT2D eigenvalue weighted by Gasteiger charge is -2.24. The summed E-state index contributed by atoms with van der Waals surface area (Å²) >= 11 is 0. The molecule has 0 aliphatic heterocycles. The van der Waals surface area contributed by atoms with Crippen LogP contribution >= 0.6 is 0 Å². The van der Waals surface area contributed by atoms with Crippen LogP contribution in [0, 0.1) is 46.3 Å². The molecule has 0 saturated heterocycles. The minimum absolute atomic E-state index is 0.000000000000000444. The molecule has 5 nitrogen and oxygen atoms in total. The van der Waals surface area contributed by atoms with Crippen LogP contribution in [-0.2, 0) is 14.3 Å². The van der Waals surface area contributed by atoms with Crippen LogP contribution in [0.4, 0.5) is 0 Å². The second kappa shape index (κ2) is 14.8. The van der Waals surface area contributed by atoms with E-state index in [0.29, 0.717) is 19.1 Å². The topological polar surface area (TPSA) is 83.8 Å². The van der Waals surface area contributed by atoms with Crippen molar-refractivity contribution in [2.75, 3.05) is 13.2 Å². The Morgan fingerprint density at radius 3 is 1.56 bits per heavy atom. The largest absolute Gasteiger partial charge is 0.481 e. The number of hydrogen-bond acceptors (Lipinski definition) is 4. The standard InChI is InChI=1S/C17H28O2.C12H22O.C5H8O2/c1-12(2)8-9-13(3)15-10-17(15,4)11-19-16(18)14-6-5-7-14;1-9(2)5-6-10(3)11-7-12(11,4)8-13;6-5(7)4-2-1-3-4/h8,13-15H,5-7,9-11H2,1-4H3;5,10-11,13H,6-8H2,1-4H3;4H,1-3H2,(H,6,7)/t13-,15+,17+;10-,11+,12+;/m00./s1. The lowest BCUT2D eigenvalue weighted by atomic mass is 9.85. The van der Waals surface area contributed by atoms with Gasteiger partial charge in [-0.05, 0) is 108 Å². The number of carboxylic acids is 1. The van der Waals surface area contributed by atoms with Crippen LogP contribution < -0.4 is 0 Å². The van der Waals surface area contributed by atoms with E-state index in [9.17, 15) is 9.59 Å². The Balaban J connectivity index is 0.000000229. The first-order valence-corrected chi connectivity index (χ1v) is 15.5. The first-order valence-electron chi connectivity index (χ1n) is 15.5. The van der Waals surface area contributed by atoms with Crippen molar-refractivity contribution in [2.24, 2.45) is 46.3 Å². The molecule has 4 fully saturated rings. The highest BCUT2D eigenvalue weighted by molar-refractivity contribution is 5.73. The highest BCUT2D eigenvalue weighted by Crippen LogP contribution is 2.57. The molecule has 4 saturated carbocycles. The van der Waals surface area contributed by atoms with Crippen LogP contribution in [0.25, 0.3) is 0 Å². The number of esters is 1. The maximum Gasteiger partial charge on any atom is 0.308 e. The van der Waals surface area contributed by atoms with Gasteiger partial charge in [-0.15, -0.1) is 0 Å². The maximum atomic E-state index is 11.8. The lowest BCUT2D eigenvalue weighted by molar-refractivity contribution is -0.153. The smallest absolute Gasteiger partial charge is 0.308 e. The Labute approximate surface area is 238 Å². The van der Waals surface area contributed by atoms with Gasteiger partial charge in [0.1, 0.15) is 0 Å². The van der Waals surface area contributed by atoms with Gasteiger partial charge in [0.05, 0.1) is 18.4 Å². The number of rotatable bonds is 11. The molecule has 0 unspecified atom stereocenters. The third-order valence-electron chi connectivity index (χ3n) is 9.81. The third-order valence-corrected chi connectivity index (χ3v) is 9.81. The van der Waals surface area contributed by atoms with Crippen molar-refractivity contribution in [3.05, 3.63) is 23.3 Å². The molecule has 0 radical (unpaired) electrons. The van der Waals surface area contributed by atoms with Gasteiger partial charge in [0.25, 0.3) is 0 Å². The van der Waals surface area contributed by atoms with Crippen molar-refractivity contribution in [3.63, 3.8) is 0 Å². The van der Waals surface area contributed by atoms with Crippen molar-refractivity contribution >= 4 is 11.9 Å². The zero-order valence-corrected chi connectivity index (χ0v) is 26.2. The highest BCUT2D eigenvalue weighted by Gasteiger charge is 2.53. The Morgan fingerprint density at radius 2 is 1.26 bits per heavy atom. The van der Waals surface area contributed by atoms with Gasteiger partial charge < -0.3 is 14.9 Å². The number of carboxylic acid groups (broad SMARTS) is 1. The van der Waals surface area contributed by atoms with Crippen LogP contribution in [0.3, 0.4) is 0 Å². The number of ether oxygens (including phenoxy) is 1. The fraction of sp³-hybridized carbons (Fsp3) is 0.824. The second-order valence-corrected chi connectivity index (χ2v) is 14.3. The van der Waals surface area contributed by atoms with Crippen LogP contribution in [0.2, 0.25) is 0 Å². The zero-order chi connectivity index (χ0) is 29.4. The number of carbonyl (C=O) groups excluding carboxylic acids is 1. The van der Waals surface area contributed by atoms with Gasteiger partial charge in [-0.3, -0.25) is 9.59 Å². The molecule has 4 aliphatic rings. The quantitative estimate of drug-likeness (QED) is 0.201. The zero-order valence-electron chi connectivity index (χ0n) is 26.2. The third kappa shape index (κ3) is 10.7. The second-order valence-electron chi connectivity index (χ2n) is 14.3. The summed E-state index contributed by atoms with van der Waals surface area (Å²) in [6, 6.07) is 0. The van der Waals surface area contributed by atoms with Gasteiger partial charge in [-0.25, -0.2) is 0 Å². The molecular weight excluding hydrogens is 488 g/mol. The lowest BCUT2D eigenvalue weighted by Crippen LogP contribution is -2.26. The minimum atomic E-state index is -0.619. The number of aliphatic carboxylic acids is 1. The summed E-state index contributed by atoms with van der Waals surface area (Å²) < 4.78 is 5.52. The van der Waals surface area contributed by atoms with E-state index < -0.39 is 5.97 Å². The van der Waals surface area contributed by atoms with Gasteiger partial charge in [0.15, 0.2) is 0 Å². The summed E-state index contributed by atoms with van der Waals surface area (Å²) in [6.45, 7) is 18.7. The molecular formula is C34H58O5. The number of hydrogen-bond donors (Lipinski definition) is 2. The van der Waals surface area contributed by atoms with Gasteiger partial charge in [0.2, 0.25) is 0 Å². The molecule has 0 aromatic heterocycles. The average molecular weight is 547 g/mol. The number of allylic oxidation sites excluding steroid dienone is 4. The molecule has 4 rings (SSSR count). The Bertz CT molecular complexity index is 859. The Kier molecular flexibility index (Phi) is 12.8. The van der Waals surface area contributed by atoms with Crippen molar-refractivity contribution in [1.82, 2.24) is 0 Å². The first kappa shape index (κ1) is 33.6. The van der Waals surface area contributed by atoms with E-state index in [1.54, 1.807) is 0 Å². The summed E-state index contributed by atoms with van der Waals surface area (Å²) in [7, 11) is 0. The van der Waals surface area contributed by atoms with Crippen molar-refractivity contribution in [2.45, 2.75) is 120 Å². The maximum absolute atomic E-state index is 11.8. The minimum Gasteiger partial charge on any atom is -0.481 e. The molecule has 39 heavy (non-hydrogen) atoms. The van der Waals surface area contributed by atoms with Gasteiger partial charge >= 0.3 is 11.9 Å². The van der Waals surface area contributed by atoms with Crippen LogP contribution in [-0.4, -0.2) is 35.4 Å². The molecule has 0 bridgehead atoms. The molecule has 6 atom stereocenters. The molecule has 0 aromatic rings. The van der Waals surface area contributed by atoms with Crippen LogP contribution in [0.1, 0.15) is 120 Å². The predicted octanol–water partition coefficient (Wildman–Crippen LogP) is 8.22. The molecule has 224 valence electrons. The van der Waals surface area contributed by atoms with E-state index in [4.69, 9.17) is 14.9 Å². The summed E-state index contributed by atoms with van der Waals surface area (Å²) in [5.41, 5.74) is 3.28. The predicted molar refractivity (Wildman–Crippen MR) is 159 cm³/mol. The van der Waals surface area contributed by atoms with Crippen molar-refractivity contribution < 1.29 is 24.5 Å². The van der Waals surface area contributed by atoms with E-state index in [1.807, 2.05) is 0 Å². The van der Waals surface area contributed by atoms with Crippen LogP contribution in [0.15, 0.2) is 23.3 Å². The summed E-state index contributed by atoms with van der Waals surface area (Å²) in [4.78, 5) is 21.7. The van der Waals surface area contributed by atoms with E-state index >= 15 is 0 Å². The fourth-order valence-electron chi connectivity index (χ4n) is 5.84. The van der Waals surface area contributed by atoms with Crippen molar-refractivity contribution in [3.8, 4) is 0 Å². The number of aliphatic hydroxyl groups is 1.